The van der Waals surface area contributed by atoms with E-state index in [9.17, 15) is 9.59 Å². The van der Waals surface area contributed by atoms with Crippen LogP contribution in [0.4, 0.5) is 5.69 Å². The number of anilines is 1. The largest absolute Gasteiger partial charge is 0.454 e. The fraction of sp³-hybridized carbons (Fsp3) is 0.333. The number of nitrogens with zero attached hydrogens (tertiary/aromatic N) is 2. The molecule has 0 N–H and O–H groups in total. The van der Waals surface area contributed by atoms with E-state index in [1.807, 2.05) is 60.5 Å². The summed E-state index contributed by atoms with van der Waals surface area (Å²) >= 11 is 1.62. The van der Waals surface area contributed by atoms with Gasteiger partial charge in [-0.1, -0.05) is 18.2 Å². The van der Waals surface area contributed by atoms with Crippen LogP contribution < -0.4 is 14.4 Å². The number of benzene rings is 2. The molecule has 7 heteroatoms. The molecule has 2 aliphatic heterocycles. The number of amides is 2. The Balaban J connectivity index is 1.46. The topological polar surface area (TPSA) is 59.1 Å². The fourth-order valence-electron chi connectivity index (χ4n) is 3.68. The highest BCUT2D eigenvalue weighted by Crippen LogP contribution is 2.33. The quantitative estimate of drug-likeness (QED) is 0.741. The first-order valence-corrected chi connectivity index (χ1v) is 10.4. The lowest BCUT2D eigenvalue weighted by Crippen LogP contribution is -2.57. The molecule has 1 fully saturated rings. The number of fused-ring (bicyclic) bond motifs is 1. The number of thioether (sulfide) groups is 1. The molecule has 146 valence electrons. The Morgan fingerprint density at radius 2 is 1.96 bits per heavy atom. The van der Waals surface area contributed by atoms with Crippen molar-refractivity contribution in [1.82, 2.24) is 4.90 Å². The molecule has 2 aromatic carbocycles. The van der Waals surface area contributed by atoms with Crippen molar-refractivity contribution in [3.05, 3.63) is 48.0 Å². The van der Waals surface area contributed by atoms with Crippen LogP contribution in [0, 0.1) is 0 Å². The minimum atomic E-state index is -0.0877. The normalized spacial score (nSPS) is 18.5. The Hall–Kier alpha value is -2.67. The molecule has 0 saturated carbocycles. The van der Waals surface area contributed by atoms with Gasteiger partial charge in [0, 0.05) is 11.4 Å². The molecule has 6 nitrogen and oxygen atoms in total. The summed E-state index contributed by atoms with van der Waals surface area (Å²) in [4.78, 5) is 30.2. The van der Waals surface area contributed by atoms with Crippen molar-refractivity contribution in [3.63, 3.8) is 0 Å². The summed E-state index contributed by atoms with van der Waals surface area (Å²) in [5.74, 6) is 1.24. The summed E-state index contributed by atoms with van der Waals surface area (Å²) in [6.45, 7) is 2.79. The third kappa shape index (κ3) is 3.54. The van der Waals surface area contributed by atoms with Crippen LogP contribution >= 0.6 is 11.8 Å². The van der Waals surface area contributed by atoms with E-state index in [0.29, 0.717) is 18.0 Å². The van der Waals surface area contributed by atoms with E-state index in [4.69, 9.17) is 9.47 Å². The molecular weight excluding hydrogens is 376 g/mol. The molecule has 2 aliphatic rings. The van der Waals surface area contributed by atoms with Crippen LogP contribution in [0.2, 0.25) is 0 Å². The zero-order chi connectivity index (χ0) is 19.7. The lowest BCUT2D eigenvalue weighted by Gasteiger charge is -2.40. The molecular formula is C21H22N2O4S. The van der Waals surface area contributed by atoms with Gasteiger partial charge in [0.15, 0.2) is 11.5 Å². The van der Waals surface area contributed by atoms with E-state index in [0.717, 1.165) is 16.1 Å². The molecule has 0 aliphatic carbocycles. The number of ether oxygens (including phenoxy) is 2. The van der Waals surface area contributed by atoms with Gasteiger partial charge in [-0.2, -0.15) is 0 Å². The van der Waals surface area contributed by atoms with Crippen molar-refractivity contribution in [2.75, 3.05) is 31.0 Å². The van der Waals surface area contributed by atoms with E-state index in [1.54, 1.807) is 16.7 Å². The monoisotopic (exact) mass is 398 g/mol. The van der Waals surface area contributed by atoms with Crippen LogP contribution in [0.15, 0.2) is 47.4 Å². The Morgan fingerprint density at radius 1 is 1.18 bits per heavy atom. The lowest BCUT2D eigenvalue weighted by molar-refractivity contribution is -0.137. The average molecular weight is 398 g/mol. The number of para-hydroxylation sites is 1. The highest BCUT2D eigenvalue weighted by atomic mass is 32.2. The molecule has 0 bridgehead atoms. The first-order valence-electron chi connectivity index (χ1n) is 9.18. The number of hydrogen-bond acceptors (Lipinski definition) is 5. The molecule has 1 saturated heterocycles. The third-order valence-electron chi connectivity index (χ3n) is 5.01. The Morgan fingerprint density at radius 3 is 2.75 bits per heavy atom. The van der Waals surface area contributed by atoms with Crippen LogP contribution in [0.1, 0.15) is 12.5 Å². The van der Waals surface area contributed by atoms with Crippen LogP contribution in [-0.4, -0.2) is 48.9 Å². The van der Waals surface area contributed by atoms with Crippen LogP contribution in [0.5, 0.6) is 11.5 Å². The van der Waals surface area contributed by atoms with Crippen LogP contribution in [0.3, 0.4) is 0 Å². The van der Waals surface area contributed by atoms with Gasteiger partial charge in [-0.25, -0.2) is 0 Å². The predicted molar refractivity (Wildman–Crippen MR) is 108 cm³/mol. The van der Waals surface area contributed by atoms with E-state index in [-0.39, 0.29) is 37.6 Å². The molecule has 2 amide bonds. The van der Waals surface area contributed by atoms with Gasteiger partial charge in [-0.3, -0.25) is 9.59 Å². The summed E-state index contributed by atoms with van der Waals surface area (Å²) in [5, 5.41) is 0. The molecule has 1 atom stereocenters. The second-order valence-electron chi connectivity index (χ2n) is 6.92. The molecule has 0 spiro atoms. The van der Waals surface area contributed by atoms with Gasteiger partial charge < -0.3 is 19.3 Å². The van der Waals surface area contributed by atoms with Gasteiger partial charge >= 0.3 is 0 Å². The maximum atomic E-state index is 12.9. The Kier molecular flexibility index (Phi) is 5.17. The third-order valence-corrected chi connectivity index (χ3v) is 5.79. The van der Waals surface area contributed by atoms with E-state index < -0.39 is 0 Å². The fourth-order valence-corrected chi connectivity index (χ4v) is 4.27. The number of carbonyl (C=O) groups is 2. The molecule has 0 unspecified atom stereocenters. The van der Waals surface area contributed by atoms with Gasteiger partial charge in [0.1, 0.15) is 6.54 Å². The number of carbonyl (C=O) groups excluding carboxylic acids is 2. The summed E-state index contributed by atoms with van der Waals surface area (Å²) in [6, 6.07) is 13.3. The van der Waals surface area contributed by atoms with Crippen molar-refractivity contribution in [1.29, 1.82) is 0 Å². The van der Waals surface area contributed by atoms with Crippen molar-refractivity contribution < 1.29 is 19.1 Å². The maximum Gasteiger partial charge on any atom is 0.246 e. The first kappa shape index (κ1) is 18.7. The van der Waals surface area contributed by atoms with Gasteiger partial charge in [-0.15, -0.1) is 11.8 Å². The molecule has 0 radical (unpaired) electrons. The highest BCUT2D eigenvalue weighted by molar-refractivity contribution is 7.98. The van der Waals surface area contributed by atoms with Gasteiger partial charge in [0.05, 0.1) is 18.2 Å². The van der Waals surface area contributed by atoms with Crippen molar-refractivity contribution in [2.45, 2.75) is 24.3 Å². The Labute approximate surface area is 168 Å². The summed E-state index contributed by atoms with van der Waals surface area (Å²) in [7, 11) is 0. The average Bonchev–Trinajstić information content (AvgIpc) is 3.15. The SMILES string of the molecule is CSc1ccccc1N1C(=O)CN(C(=O)Cc2ccc3c(c2)OCO3)C[C@H]1C. The maximum absolute atomic E-state index is 12.9. The van der Waals surface area contributed by atoms with E-state index >= 15 is 0 Å². The summed E-state index contributed by atoms with van der Waals surface area (Å²) in [5.41, 5.74) is 1.76. The zero-order valence-corrected chi connectivity index (χ0v) is 16.7. The summed E-state index contributed by atoms with van der Waals surface area (Å²) in [6.07, 6.45) is 2.23. The predicted octanol–water partition coefficient (Wildman–Crippen LogP) is 2.94. The molecule has 28 heavy (non-hydrogen) atoms. The molecule has 2 heterocycles. The van der Waals surface area contributed by atoms with Gasteiger partial charge in [0.25, 0.3) is 0 Å². The second kappa shape index (κ2) is 7.75. The molecule has 0 aromatic heterocycles. The Bertz CT molecular complexity index is 917. The number of hydrogen-bond donors (Lipinski definition) is 0. The number of rotatable bonds is 4. The van der Waals surface area contributed by atoms with E-state index in [2.05, 4.69) is 0 Å². The smallest absolute Gasteiger partial charge is 0.246 e. The number of piperazine rings is 1. The van der Waals surface area contributed by atoms with E-state index in [1.165, 1.54) is 0 Å². The van der Waals surface area contributed by atoms with Crippen molar-refractivity contribution in [3.8, 4) is 11.5 Å². The zero-order valence-electron chi connectivity index (χ0n) is 15.9. The second-order valence-corrected chi connectivity index (χ2v) is 7.77. The van der Waals surface area contributed by atoms with Crippen molar-refractivity contribution >= 4 is 29.3 Å². The van der Waals surface area contributed by atoms with Gasteiger partial charge in [-0.05, 0) is 43.0 Å². The van der Waals surface area contributed by atoms with Crippen LogP contribution in [0.25, 0.3) is 0 Å². The minimum absolute atomic E-state index is 0.0562. The first-order chi connectivity index (χ1) is 13.6. The standard InChI is InChI=1S/C21H22N2O4S/c1-14-11-22(12-21(25)23(14)16-5-3-4-6-19(16)28-2)20(24)10-15-7-8-17-18(9-15)27-13-26-17/h3-9,14H,10-13H2,1-2H3/t14-/m1/s1. The molecule has 2 aromatic rings. The highest BCUT2D eigenvalue weighted by Gasteiger charge is 2.34. The molecule has 4 rings (SSSR count). The van der Waals surface area contributed by atoms with Gasteiger partial charge in [0.2, 0.25) is 18.6 Å². The minimum Gasteiger partial charge on any atom is -0.454 e. The lowest BCUT2D eigenvalue weighted by atomic mass is 10.1. The van der Waals surface area contributed by atoms with Crippen LogP contribution in [-0.2, 0) is 16.0 Å². The van der Waals surface area contributed by atoms with Crippen molar-refractivity contribution in [2.24, 2.45) is 0 Å². The summed E-state index contributed by atoms with van der Waals surface area (Å²) < 4.78 is 10.7.